The fraction of sp³-hybridized carbons (Fsp3) is 0.263. The number of carbonyl (C=O) groups is 2. The van der Waals surface area contributed by atoms with Crippen molar-refractivity contribution < 1.29 is 19.1 Å². The van der Waals surface area contributed by atoms with Crippen LogP contribution in [0.3, 0.4) is 0 Å². The lowest BCUT2D eigenvalue weighted by atomic mass is 10.1. The number of anilines is 3. The Hall–Kier alpha value is -3.22. The maximum Gasteiger partial charge on any atom is 0.339 e. The van der Waals surface area contributed by atoms with Gasteiger partial charge in [-0.3, -0.25) is 4.79 Å². The van der Waals surface area contributed by atoms with Crippen LogP contribution >= 0.6 is 0 Å². The summed E-state index contributed by atoms with van der Waals surface area (Å²) in [5.41, 5.74) is 7.97. The first-order valence-electron chi connectivity index (χ1n) is 8.26. The maximum atomic E-state index is 12.6. The molecule has 0 bridgehead atoms. The van der Waals surface area contributed by atoms with Gasteiger partial charge in [0.1, 0.15) is 11.9 Å². The van der Waals surface area contributed by atoms with E-state index in [2.05, 4.69) is 5.32 Å². The minimum absolute atomic E-state index is 0.0544. The Bertz CT molecular complexity index is 837. The molecule has 0 fully saturated rings. The average molecular weight is 355 g/mol. The highest BCUT2D eigenvalue weighted by Gasteiger charge is 2.25. The van der Waals surface area contributed by atoms with Crippen molar-refractivity contribution in [1.82, 2.24) is 0 Å². The molecule has 0 aliphatic carbocycles. The average Bonchev–Trinajstić information content (AvgIpc) is 2.62. The van der Waals surface area contributed by atoms with Crippen LogP contribution in [-0.4, -0.2) is 38.2 Å². The van der Waals surface area contributed by atoms with Crippen LogP contribution < -0.4 is 20.7 Å². The van der Waals surface area contributed by atoms with Crippen molar-refractivity contribution in [1.29, 1.82) is 0 Å². The summed E-state index contributed by atoms with van der Waals surface area (Å²) in [6, 6.07) is 12.1. The number of benzene rings is 2. The van der Waals surface area contributed by atoms with Crippen molar-refractivity contribution in [3.8, 4) is 5.75 Å². The fourth-order valence-electron chi connectivity index (χ4n) is 2.94. The molecule has 1 aliphatic heterocycles. The summed E-state index contributed by atoms with van der Waals surface area (Å²) >= 11 is 0. The molecular weight excluding hydrogens is 334 g/mol. The number of carbonyl (C=O) groups excluding carboxylic acids is 2. The molecule has 0 aromatic heterocycles. The Morgan fingerprint density at radius 1 is 1.31 bits per heavy atom. The number of nitrogens with one attached hydrogen (secondary N) is 1. The number of rotatable bonds is 4. The van der Waals surface area contributed by atoms with E-state index in [0.717, 1.165) is 5.69 Å². The van der Waals surface area contributed by atoms with Gasteiger partial charge in [-0.05, 0) is 37.3 Å². The lowest BCUT2D eigenvalue weighted by molar-refractivity contribution is -0.115. The summed E-state index contributed by atoms with van der Waals surface area (Å²) in [5, 5.41) is 2.78. The fourth-order valence-corrected chi connectivity index (χ4v) is 2.94. The van der Waals surface area contributed by atoms with E-state index >= 15 is 0 Å². The molecule has 1 amide bonds. The predicted octanol–water partition coefficient (Wildman–Crippen LogP) is 2.28. The van der Waals surface area contributed by atoms with E-state index in [0.29, 0.717) is 29.2 Å². The van der Waals surface area contributed by atoms with Crippen LogP contribution in [0.5, 0.6) is 5.75 Å². The molecule has 0 saturated heterocycles. The number of ether oxygens (including phenoxy) is 2. The number of amides is 1. The normalized spacial score (nSPS) is 15.6. The lowest BCUT2D eigenvalue weighted by Crippen LogP contribution is -2.42. The molecule has 2 aromatic rings. The van der Waals surface area contributed by atoms with Crippen LogP contribution in [0.15, 0.2) is 42.5 Å². The third-order valence-corrected chi connectivity index (χ3v) is 4.07. The Morgan fingerprint density at radius 2 is 2.08 bits per heavy atom. The zero-order chi connectivity index (χ0) is 18.7. The van der Waals surface area contributed by atoms with Gasteiger partial charge in [0.25, 0.3) is 0 Å². The van der Waals surface area contributed by atoms with E-state index in [9.17, 15) is 9.59 Å². The van der Waals surface area contributed by atoms with Crippen molar-refractivity contribution in [2.75, 3.05) is 36.1 Å². The van der Waals surface area contributed by atoms with Gasteiger partial charge < -0.3 is 25.4 Å². The third-order valence-electron chi connectivity index (χ3n) is 4.07. The standard InChI is InChI=1S/C19H21N3O4/c1-12-10-22(16-9-13(20)7-8-17(16)26-12)11-18(23)21-15-6-4-3-5-14(15)19(24)25-2/h3-9,12H,10-11,20H2,1-2H3,(H,21,23). The number of nitrogens with two attached hydrogens (primary N) is 1. The summed E-state index contributed by atoms with van der Waals surface area (Å²) in [6.45, 7) is 2.61. The number of para-hydroxylation sites is 1. The van der Waals surface area contributed by atoms with Gasteiger partial charge in [0, 0.05) is 5.69 Å². The number of hydrogen-bond donors (Lipinski definition) is 2. The second-order valence-corrected chi connectivity index (χ2v) is 6.12. The Labute approximate surface area is 151 Å². The predicted molar refractivity (Wildman–Crippen MR) is 99.6 cm³/mol. The number of esters is 1. The Morgan fingerprint density at radius 3 is 2.85 bits per heavy atom. The molecule has 7 nitrogen and oxygen atoms in total. The van der Waals surface area contributed by atoms with Gasteiger partial charge in [-0.2, -0.15) is 0 Å². The molecule has 2 aromatic carbocycles. The zero-order valence-corrected chi connectivity index (χ0v) is 14.7. The molecular formula is C19H21N3O4. The van der Waals surface area contributed by atoms with Crippen molar-refractivity contribution in [3.05, 3.63) is 48.0 Å². The first kappa shape index (κ1) is 17.6. The molecule has 3 rings (SSSR count). The lowest BCUT2D eigenvalue weighted by Gasteiger charge is -2.34. The van der Waals surface area contributed by atoms with E-state index in [4.69, 9.17) is 15.2 Å². The largest absolute Gasteiger partial charge is 0.487 e. The Balaban J connectivity index is 1.78. The third kappa shape index (κ3) is 3.72. The summed E-state index contributed by atoms with van der Waals surface area (Å²) in [6.07, 6.45) is -0.0544. The van der Waals surface area contributed by atoms with E-state index < -0.39 is 5.97 Å². The molecule has 1 atom stereocenters. The molecule has 0 radical (unpaired) electrons. The van der Waals surface area contributed by atoms with Gasteiger partial charge in [0.05, 0.1) is 37.1 Å². The molecule has 1 heterocycles. The van der Waals surface area contributed by atoms with E-state index in [1.165, 1.54) is 7.11 Å². The minimum Gasteiger partial charge on any atom is -0.487 e. The molecule has 0 spiro atoms. The highest BCUT2D eigenvalue weighted by atomic mass is 16.5. The second kappa shape index (κ2) is 7.35. The van der Waals surface area contributed by atoms with Crippen LogP contribution in [0, 0.1) is 0 Å². The molecule has 26 heavy (non-hydrogen) atoms. The maximum absolute atomic E-state index is 12.6. The molecule has 0 saturated carbocycles. The van der Waals surface area contributed by atoms with E-state index in [1.54, 1.807) is 42.5 Å². The first-order valence-corrected chi connectivity index (χ1v) is 8.26. The molecule has 7 heteroatoms. The van der Waals surface area contributed by atoms with Gasteiger partial charge in [-0.15, -0.1) is 0 Å². The summed E-state index contributed by atoms with van der Waals surface area (Å²) in [4.78, 5) is 26.3. The van der Waals surface area contributed by atoms with E-state index in [-0.39, 0.29) is 18.6 Å². The number of fused-ring (bicyclic) bond motifs is 1. The highest BCUT2D eigenvalue weighted by Crippen LogP contribution is 2.34. The molecule has 136 valence electrons. The Kier molecular flexibility index (Phi) is 4.97. The quantitative estimate of drug-likeness (QED) is 0.645. The number of nitrogens with zero attached hydrogens (tertiary/aromatic N) is 1. The van der Waals surface area contributed by atoms with Crippen LogP contribution in [0.25, 0.3) is 0 Å². The van der Waals surface area contributed by atoms with Gasteiger partial charge in [0.15, 0.2) is 0 Å². The van der Waals surface area contributed by atoms with Crippen LogP contribution in [0.2, 0.25) is 0 Å². The zero-order valence-electron chi connectivity index (χ0n) is 14.7. The summed E-state index contributed by atoms with van der Waals surface area (Å²) in [5.74, 6) is -0.0523. The first-order chi connectivity index (χ1) is 12.5. The summed E-state index contributed by atoms with van der Waals surface area (Å²) in [7, 11) is 1.30. The molecule has 3 N–H and O–H groups in total. The van der Waals surface area contributed by atoms with E-state index in [1.807, 2.05) is 11.8 Å². The van der Waals surface area contributed by atoms with Gasteiger partial charge >= 0.3 is 5.97 Å². The van der Waals surface area contributed by atoms with Crippen molar-refractivity contribution in [2.45, 2.75) is 13.0 Å². The second-order valence-electron chi connectivity index (χ2n) is 6.12. The van der Waals surface area contributed by atoms with Crippen LogP contribution in [-0.2, 0) is 9.53 Å². The number of hydrogen-bond acceptors (Lipinski definition) is 6. The monoisotopic (exact) mass is 355 g/mol. The van der Waals surface area contributed by atoms with Gasteiger partial charge in [-0.1, -0.05) is 12.1 Å². The van der Waals surface area contributed by atoms with Gasteiger partial charge in [-0.25, -0.2) is 4.79 Å². The topological polar surface area (TPSA) is 93.9 Å². The SMILES string of the molecule is COC(=O)c1ccccc1NC(=O)CN1CC(C)Oc2ccc(N)cc21. The minimum atomic E-state index is -0.501. The number of nitrogen functional groups attached to an aromatic ring is 1. The number of methoxy groups -OCH3 is 1. The van der Waals surface area contributed by atoms with Gasteiger partial charge in [0.2, 0.25) is 5.91 Å². The van der Waals surface area contributed by atoms with Crippen LogP contribution in [0.1, 0.15) is 17.3 Å². The molecule has 1 aliphatic rings. The van der Waals surface area contributed by atoms with Crippen molar-refractivity contribution in [3.63, 3.8) is 0 Å². The van der Waals surface area contributed by atoms with Crippen molar-refractivity contribution in [2.24, 2.45) is 0 Å². The highest BCUT2D eigenvalue weighted by molar-refractivity contribution is 6.02. The smallest absolute Gasteiger partial charge is 0.339 e. The van der Waals surface area contributed by atoms with Crippen LogP contribution in [0.4, 0.5) is 17.1 Å². The summed E-state index contributed by atoms with van der Waals surface area (Å²) < 4.78 is 10.5. The van der Waals surface area contributed by atoms with Crippen molar-refractivity contribution >= 4 is 28.9 Å². The molecule has 1 unspecified atom stereocenters.